The quantitative estimate of drug-likeness (QED) is 0.854. The summed E-state index contributed by atoms with van der Waals surface area (Å²) in [5.41, 5.74) is 9.16. The molecule has 1 atom stereocenters. The van der Waals surface area contributed by atoms with Crippen LogP contribution in [0.15, 0.2) is 30.5 Å². The molecule has 18 heavy (non-hydrogen) atoms. The summed E-state index contributed by atoms with van der Waals surface area (Å²) in [7, 11) is 2.11. The normalized spacial score (nSPS) is 19.2. The fourth-order valence-electron chi connectivity index (χ4n) is 3.39. The molecule has 2 aromatic rings. The third-order valence-corrected chi connectivity index (χ3v) is 4.44. The van der Waals surface area contributed by atoms with Gasteiger partial charge in [-0.25, -0.2) is 0 Å². The van der Waals surface area contributed by atoms with Gasteiger partial charge in [0, 0.05) is 30.2 Å². The third kappa shape index (κ3) is 1.95. The van der Waals surface area contributed by atoms with Crippen LogP contribution >= 0.6 is 0 Å². The second-order valence-corrected chi connectivity index (χ2v) is 5.64. The molecule has 3 rings (SSSR count). The summed E-state index contributed by atoms with van der Waals surface area (Å²) in [5.74, 6) is 0.671. The van der Waals surface area contributed by atoms with Crippen molar-refractivity contribution >= 4 is 10.9 Å². The van der Waals surface area contributed by atoms with E-state index in [1.54, 1.807) is 0 Å². The Kier molecular flexibility index (Phi) is 3.13. The van der Waals surface area contributed by atoms with E-state index in [1.807, 2.05) is 0 Å². The van der Waals surface area contributed by atoms with Crippen LogP contribution in [0.5, 0.6) is 0 Å². The average molecular weight is 242 g/mol. The van der Waals surface area contributed by atoms with Gasteiger partial charge in [0.2, 0.25) is 0 Å². The first-order chi connectivity index (χ1) is 8.77. The lowest BCUT2D eigenvalue weighted by atomic mass is 9.81. The van der Waals surface area contributed by atoms with Crippen molar-refractivity contribution in [2.24, 2.45) is 18.7 Å². The monoisotopic (exact) mass is 242 g/mol. The maximum absolute atomic E-state index is 6.54. The van der Waals surface area contributed by atoms with Gasteiger partial charge in [0.25, 0.3) is 0 Å². The van der Waals surface area contributed by atoms with Crippen LogP contribution in [0.3, 0.4) is 0 Å². The summed E-state index contributed by atoms with van der Waals surface area (Å²) in [6.07, 6.45) is 8.91. The molecule has 2 heteroatoms. The predicted molar refractivity (Wildman–Crippen MR) is 76.4 cm³/mol. The van der Waals surface area contributed by atoms with E-state index in [-0.39, 0.29) is 6.04 Å². The molecule has 1 aliphatic carbocycles. The van der Waals surface area contributed by atoms with Crippen LogP contribution in [-0.2, 0) is 7.05 Å². The number of nitrogens with zero attached hydrogens (tertiary/aromatic N) is 1. The standard InChI is InChI=1S/C16H22N2/c1-18-11-14(13-9-5-6-10-15(13)18)16(17)12-7-3-2-4-8-12/h5-6,9-12,16H,2-4,7-8,17H2,1H3/t16-/m0/s1. The highest BCUT2D eigenvalue weighted by molar-refractivity contribution is 5.84. The zero-order chi connectivity index (χ0) is 12.5. The van der Waals surface area contributed by atoms with Gasteiger partial charge >= 0.3 is 0 Å². The van der Waals surface area contributed by atoms with E-state index in [0.29, 0.717) is 5.92 Å². The first-order valence-electron chi connectivity index (χ1n) is 7.07. The zero-order valence-electron chi connectivity index (χ0n) is 11.1. The molecule has 0 aliphatic heterocycles. The van der Waals surface area contributed by atoms with Crippen LogP contribution in [0.4, 0.5) is 0 Å². The molecule has 96 valence electrons. The Labute approximate surface area is 109 Å². The predicted octanol–water partition coefficient (Wildman–Crippen LogP) is 3.76. The number of rotatable bonds is 2. The highest BCUT2D eigenvalue weighted by Gasteiger charge is 2.24. The first-order valence-corrected chi connectivity index (χ1v) is 7.07. The largest absolute Gasteiger partial charge is 0.350 e. The molecule has 0 spiro atoms. The van der Waals surface area contributed by atoms with Crippen LogP contribution in [0.25, 0.3) is 10.9 Å². The van der Waals surface area contributed by atoms with E-state index in [4.69, 9.17) is 5.73 Å². The van der Waals surface area contributed by atoms with Crippen LogP contribution < -0.4 is 5.73 Å². The topological polar surface area (TPSA) is 30.9 Å². The Morgan fingerprint density at radius 3 is 2.67 bits per heavy atom. The number of hydrogen-bond acceptors (Lipinski definition) is 1. The Hall–Kier alpha value is -1.28. The van der Waals surface area contributed by atoms with Crippen molar-refractivity contribution in [3.8, 4) is 0 Å². The van der Waals surface area contributed by atoms with Gasteiger partial charge in [0.1, 0.15) is 0 Å². The molecule has 0 bridgehead atoms. The fraction of sp³-hybridized carbons (Fsp3) is 0.500. The molecule has 0 radical (unpaired) electrons. The molecule has 0 amide bonds. The van der Waals surface area contributed by atoms with Crippen molar-refractivity contribution < 1.29 is 0 Å². The average Bonchev–Trinajstić information content (AvgIpc) is 2.77. The van der Waals surface area contributed by atoms with E-state index in [0.717, 1.165) is 0 Å². The van der Waals surface area contributed by atoms with E-state index < -0.39 is 0 Å². The van der Waals surface area contributed by atoms with Crippen molar-refractivity contribution in [3.05, 3.63) is 36.0 Å². The second-order valence-electron chi connectivity index (χ2n) is 5.64. The lowest BCUT2D eigenvalue weighted by Gasteiger charge is -2.27. The minimum Gasteiger partial charge on any atom is -0.350 e. The molecule has 0 saturated heterocycles. The van der Waals surface area contributed by atoms with Crippen molar-refractivity contribution in [2.75, 3.05) is 0 Å². The Bertz CT molecular complexity index is 535. The first kappa shape index (κ1) is 11.8. The van der Waals surface area contributed by atoms with Gasteiger partial charge in [-0.15, -0.1) is 0 Å². The fourth-order valence-corrected chi connectivity index (χ4v) is 3.39. The number of benzene rings is 1. The summed E-state index contributed by atoms with van der Waals surface area (Å²) in [6.45, 7) is 0. The van der Waals surface area contributed by atoms with Gasteiger partial charge in [0.05, 0.1) is 0 Å². The maximum atomic E-state index is 6.54. The Morgan fingerprint density at radius 2 is 1.89 bits per heavy atom. The van der Waals surface area contributed by atoms with Crippen LogP contribution in [-0.4, -0.2) is 4.57 Å². The zero-order valence-corrected chi connectivity index (χ0v) is 11.1. The van der Waals surface area contributed by atoms with Gasteiger partial charge in [-0.2, -0.15) is 0 Å². The van der Waals surface area contributed by atoms with E-state index >= 15 is 0 Å². The summed E-state index contributed by atoms with van der Waals surface area (Å²) in [6, 6.07) is 8.79. The molecule has 1 heterocycles. The van der Waals surface area contributed by atoms with Gasteiger partial charge in [0.15, 0.2) is 0 Å². The number of fused-ring (bicyclic) bond motifs is 1. The lowest BCUT2D eigenvalue weighted by Crippen LogP contribution is -2.23. The summed E-state index contributed by atoms with van der Waals surface area (Å²) in [5, 5.41) is 1.33. The molecule has 2 N–H and O–H groups in total. The number of nitrogens with two attached hydrogens (primary N) is 1. The molecule has 1 aromatic carbocycles. The van der Waals surface area contributed by atoms with E-state index in [1.165, 1.54) is 48.6 Å². The molecule has 1 saturated carbocycles. The third-order valence-electron chi connectivity index (χ3n) is 4.44. The summed E-state index contributed by atoms with van der Waals surface area (Å²) < 4.78 is 2.20. The summed E-state index contributed by atoms with van der Waals surface area (Å²) >= 11 is 0. The Balaban J connectivity index is 1.98. The van der Waals surface area contributed by atoms with Crippen LogP contribution in [0.2, 0.25) is 0 Å². The van der Waals surface area contributed by atoms with Crippen molar-refractivity contribution in [1.29, 1.82) is 0 Å². The molecule has 1 aliphatic rings. The van der Waals surface area contributed by atoms with Crippen molar-refractivity contribution in [2.45, 2.75) is 38.1 Å². The lowest BCUT2D eigenvalue weighted by molar-refractivity contribution is 0.309. The van der Waals surface area contributed by atoms with Crippen molar-refractivity contribution in [3.63, 3.8) is 0 Å². The van der Waals surface area contributed by atoms with Gasteiger partial charge < -0.3 is 10.3 Å². The Morgan fingerprint density at radius 1 is 1.17 bits per heavy atom. The van der Waals surface area contributed by atoms with Gasteiger partial charge in [-0.3, -0.25) is 0 Å². The number of aromatic nitrogens is 1. The SMILES string of the molecule is Cn1cc([C@@H](N)C2CCCCC2)c2ccccc21. The van der Waals surface area contributed by atoms with E-state index in [2.05, 4.69) is 42.1 Å². The summed E-state index contributed by atoms with van der Waals surface area (Å²) in [4.78, 5) is 0. The molecular formula is C16H22N2. The molecular weight excluding hydrogens is 220 g/mol. The molecule has 1 aromatic heterocycles. The van der Waals surface area contributed by atoms with Crippen LogP contribution in [0.1, 0.15) is 43.7 Å². The van der Waals surface area contributed by atoms with Crippen molar-refractivity contribution in [1.82, 2.24) is 4.57 Å². The number of para-hydroxylation sites is 1. The van der Waals surface area contributed by atoms with Gasteiger partial charge in [-0.05, 0) is 30.4 Å². The maximum Gasteiger partial charge on any atom is 0.0481 e. The van der Waals surface area contributed by atoms with Gasteiger partial charge in [-0.1, -0.05) is 37.5 Å². The molecule has 1 fully saturated rings. The highest BCUT2D eigenvalue weighted by Crippen LogP contribution is 2.36. The molecule has 2 nitrogen and oxygen atoms in total. The minimum absolute atomic E-state index is 0.205. The highest BCUT2D eigenvalue weighted by atomic mass is 14.9. The number of aryl methyl sites for hydroxylation is 1. The molecule has 0 unspecified atom stereocenters. The number of hydrogen-bond donors (Lipinski definition) is 1. The van der Waals surface area contributed by atoms with E-state index in [9.17, 15) is 0 Å². The van der Waals surface area contributed by atoms with Crippen LogP contribution in [0, 0.1) is 5.92 Å². The smallest absolute Gasteiger partial charge is 0.0481 e. The minimum atomic E-state index is 0.205. The second kappa shape index (κ2) is 4.77.